The fourth-order valence-corrected chi connectivity index (χ4v) is 6.06. The lowest BCUT2D eigenvalue weighted by Gasteiger charge is -2.14. The van der Waals surface area contributed by atoms with Crippen LogP contribution in [0, 0.1) is 0 Å². The van der Waals surface area contributed by atoms with Crippen molar-refractivity contribution >= 4 is 61.9 Å². The quantitative estimate of drug-likeness (QED) is 0.295. The maximum Gasteiger partial charge on any atom is 0.203 e. The Morgan fingerprint density at radius 2 is 1.83 bits per heavy atom. The predicted molar refractivity (Wildman–Crippen MR) is 128 cm³/mol. The summed E-state index contributed by atoms with van der Waals surface area (Å²) in [5, 5.41) is 12.5. The fraction of sp³-hybridized carbons (Fsp3) is 0.0952. The molecule has 9 heteroatoms. The fourth-order valence-electron chi connectivity index (χ4n) is 3.05. The van der Waals surface area contributed by atoms with Gasteiger partial charge in [0.05, 0.1) is 14.6 Å². The van der Waals surface area contributed by atoms with E-state index in [0.717, 1.165) is 41.8 Å². The highest BCUT2D eigenvalue weighted by atomic mass is 35.5. The summed E-state index contributed by atoms with van der Waals surface area (Å²) in [6, 6.07) is 18.3. The molecule has 0 radical (unpaired) electrons. The Morgan fingerprint density at radius 1 is 1.00 bits per heavy atom. The van der Waals surface area contributed by atoms with Crippen LogP contribution in [0.15, 0.2) is 69.5 Å². The van der Waals surface area contributed by atoms with Crippen molar-refractivity contribution in [3.05, 3.63) is 65.0 Å². The van der Waals surface area contributed by atoms with Gasteiger partial charge in [-0.1, -0.05) is 23.7 Å². The number of halogens is 1. The van der Waals surface area contributed by atoms with Crippen LogP contribution in [0.4, 0.5) is 5.69 Å². The van der Waals surface area contributed by atoms with Crippen LogP contribution in [0.1, 0.15) is 0 Å². The highest BCUT2D eigenvalue weighted by molar-refractivity contribution is 8.01. The molecule has 5 rings (SSSR count). The average molecular weight is 470 g/mol. The molecule has 0 aliphatic carbocycles. The van der Waals surface area contributed by atoms with E-state index in [1.165, 1.54) is 11.8 Å². The van der Waals surface area contributed by atoms with Crippen molar-refractivity contribution in [3.63, 3.8) is 0 Å². The lowest BCUT2D eigenvalue weighted by molar-refractivity contribution is 0.886. The number of anilines is 1. The molecular formula is C21H16ClN5S3. The molecule has 0 aliphatic rings. The van der Waals surface area contributed by atoms with Crippen LogP contribution < -0.4 is 4.90 Å². The number of aromatic nitrogens is 4. The van der Waals surface area contributed by atoms with Gasteiger partial charge in [0.15, 0.2) is 10.2 Å². The number of benzene rings is 2. The van der Waals surface area contributed by atoms with Crippen molar-refractivity contribution in [2.75, 3.05) is 19.0 Å². The molecule has 0 bridgehead atoms. The number of fused-ring (bicyclic) bond motifs is 1. The zero-order valence-corrected chi connectivity index (χ0v) is 19.3. The molecule has 3 heterocycles. The summed E-state index contributed by atoms with van der Waals surface area (Å²) in [6.45, 7) is 0. The highest BCUT2D eigenvalue weighted by Crippen LogP contribution is 2.38. The van der Waals surface area contributed by atoms with E-state index < -0.39 is 0 Å². The summed E-state index contributed by atoms with van der Waals surface area (Å²) in [5.74, 6) is 0.823. The van der Waals surface area contributed by atoms with E-state index >= 15 is 0 Å². The smallest absolute Gasteiger partial charge is 0.203 e. The SMILES string of the molecule is CN(C)c1ccc(-n2c(Sc3nc4c(Cl)cccc4s3)nnc2-c2cccs2)cc1. The Hall–Kier alpha value is -2.39. The van der Waals surface area contributed by atoms with Gasteiger partial charge in [-0.25, -0.2) is 4.98 Å². The third kappa shape index (κ3) is 3.60. The number of thiophene rings is 1. The van der Waals surface area contributed by atoms with Crippen LogP contribution in [0.3, 0.4) is 0 Å². The molecule has 2 aromatic carbocycles. The molecule has 0 saturated carbocycles. The first-order valence-corrected chi connectivity index (χ1v) is 12.0. The minimum atomic E-state index is 0.663. The molecule has 5 aromatic rings. The van der Waals surface area contributed by atoms with Gasteiger partial charge in [-0.2, -0.15) is 0 Å². The molecule has 0 fully saturated rings. The van der Waals surface area contributed by atoms with E-state index in [1.54, 1.807) is 22.7 Å². The Labute approximate surface area is 191 Å². The lowest BCUT2D eigenvalue weighted by Crippen LogP contribution is -2.08. The molecule has 0 spiro atoms. The van der Waals surface area contributed by atoms with Crippen molar-refractivity contribution in [1.82, 2.24) is 19.7 Å². The normalized spacial score (nSPS) is 11.3. The number of para-hydroxylation sites is 1. The summed E-state index contributed by atoms with van der Waals surface area (Å²) in [6.07, 6.45) is 0. The topological polar surface area (TPSA) is 46.8 Å². The van der Waals surface area contributed by atoms with Gasteiger partial charge in [-0.3, -0.25) is 4.57 Å². The Kier molecular flexibility index (Phi) is 5.24. The van der Waals surface area contributed by atoms with Crippen molar-refractivity contribution in [1.29, 1.82) is 0 Å². The molecule has 3 aromatic heterocycles. The van der Waals surface area contributed by atoms with Crippen molar-refractivity contribution in [3.8, 4) is 16.4 Å². The Bertz CT molecular complexity index is 1310. The molecule has 0 aliphatic heterocycles. The highest BCUT2D eigenvalue weighted by Gasteiger charge is 2.19. The van der Waals surface area contributed by atoms with Crippen LogP contribution in [0.2, 0.25) is 5.02 Å². The predicted octanol–water partition coefficient (Wildman–Crippen LogP) is 6.48. The zero-order valence-electron chi connectivity index (χ0n) is 16.1. The minimum absolute atomic E-state index is 0.663. The first-order valence-electron chi connectivity index (χ1n) is 9.10. The maximum atomic E-state index is 6.31. The van der Waals surface area contributed by atoms with E-state index in [1.807, 2.05) is 43.7 Å². The van der Waals surface area contributed by atoms with E-state index in [9.17, 15) is 0 Å². The van der Waals surface area contributed by atoms with E-state index in [-0.39, 0.29) is 0 Å². The molecule has 5 nitrogen and oxygen atoms in total. The number of hydrogen-bond acceptors (Lipinski definition) is 7. The summed E-state index contributed by atoms with van der Waals surface area (Å²) in [5.41, 5.74) is 2.97. The second-order valence-electron chi connectivity index (χ2n) is 6.70. The number of thiazole rings is 1. The zero-order chi connectivity index (χ0) is 20.7. The minimum Gasteiger partial charge on any atom is -0.378 e. The second kappa shape index (κ2) is 8.03. The molecule has 0 saturated heterocycles. The Morgan fingerprint density at radius 3 is 2.53 bits per heavy atom. The monoisotopic (exact) mass is 469 g/mol. The molecule has 150 valence electrons. The number of nitrogens with zero attached hydrogens (tertiary/aromatic N) is 5. The molecule has 0 atom stereocenters. The van der Waals surface area contributed by atoms with Gasteiger partial charge in [-0.15, -0.1) is 32.9 Å². The maximum absolute atomic E-state index is 6.31. The van der Waals surface area contributed by atoms with Gasteiger partial charge in [-0.05, 0) is 59.6 Å². The van der Waals surface area contributed by atoms with Gasteiger partial charge >= 0.3 is 0 Å². The van der Waals surface area contributed by atoms with Gasteiger partial charge in [0, 0.05) is 25.5 Å². The largest absolute Gasteiger partial charge is 0.378 e. The summed E-state index contributed by atoms with van der Waals surface area (Å²) >= 11 is 11.1. The number of hydrogen-bond donors (Lipinski definition) is 0. The number of rotatable bonds is 5. The van der Waals surface area contributed by atoms with Crippen LogP contribution in [0.25, 0.3) is 26.6 Å². The molecule has 0 amide bonds. The van der Waals surface area contributed by atoms with Gasteiger partial charge < -0.3 is 4.90 Å². The van der Waals surface area contributed by atoms with E-state index in [2.05, 4.69) is 50.0 Å². The first-order chi connectivity index (χ1) is 14.6. The standard InChI is InChI=1S/C21H16ClN5S3/c1-26(2)13-8-10-14(11-9-13)27-19(17-7-4-12-28-17)24-25-20(27)30-21-23-18-15(22)5-3-6-16(18)29-21/h3-12H,1-2H3. The van der Waals surface area contributed by atoms with Crippen LogP contribution in [-0.2, 0) is 0 Å². The van der Waals surface area contributed by atoms with Crippen LogP contribution in [0.5, 0.6) is 0 Å². The summed E-state index contributed by atoms with van der Waals surface area (Å²) in [4.78, 5) is 7.86. The average Bonchev–Trinajstić information content (AvgIpc) is 3.48. The molecule has 30 heavy (non-hydrogen) atoms. The summed E-state index contributed by atoms with van der Waals surface area (Å²) in [7, 11) is 4.06. The van der Waals surface area contributed by atoms with Gasteiger partial charge in [0.1, 0.15) is 5.52 Å². The van der Waals surface area contributed by atoms with Gasteiger partial charge in [0.2, 0.25) is 5.16 Å². The van der Waals surface area contributed by atoms with Crippen LogP contribution >= 0.6 is 46.0 Å². The lowest BCUT2D eigenvalue weighted by atomic mass is 10.2. The van der Waals surface area contributed by atoms with E-state index in [0.29, 0.717) is 5.02 Å². The second-order valence-corrected chi connectivity index (χ2v) is 10.3. The van der Waals surface area contributed by atoms with Crippen molar-refractivity contribution in [2.45, 2.75) is 9.50 Å². The van der Waals surface area contributed by atoms with Crippen molar-refractivity contribution in [2.24, 2.45) is 0 Å². The molecular weight excluding hydrogens is 454 g/mol. The van der Waals surface area contributed by atoms with Crippen molar-refractivity contribution < 1.29 is 0 Å². The van der Waals surface area contributed by atoms with Crippen LogP contribution in [-0.4, -0.2) is 33.8 Å². The Balaban J connectivity index is 1.60. The van der Waals surface area contributed by atoms with E-state index in [4.69, 9.17) is 16.6 Å². The molecule has 0 unspecified atom stereocenters. The third-order valence-corrected chi connectivity index (χ3v) is 7.73. The summed E-state index contributed by atoms with van der Waals surface area (Å²) < 4.78 is 4.03. The first kappa shape index (κ1) is 19.6. The third-order valence-electron chi connectivity index (χ3n) is 4.53. The van der Waals surface area contributed by atoms with Gasteiger partial charge in [0.25, 0.3) is 0 Å². The molecule has 0 N–H and O–H groups in total.